The Morgan fingerprint density at radius 3 is 2.57 bits per heavy atom. The van der Waals surface area contributed by atoms with E-state index in [1.807, 2.05) is 23.1 Å². The molecule has 5 nitrogen and oxygen atoms in total. The highest BCUT2D eigenvalue weighted by Crippen LogP contribution is 2.26. The highest BCUT2D eigenvalue weighted by molar-refractivity contribution is 6.31. The number of carbonyl (C=O) groups excluding carboxylic acids is 1. The van der Waals surface area contributed by atoms with Crippen molar-refractivity contribution in [2.24, 2.45) is 0 Å². The molecule has 4 rings (SSSR count). The second-order valence-corrected chi connectivity index (χ2v) is 7.37. The molecule has 1 aromatic heterocycles. The molecule has 0 atom stereocenters. The van der Waals surface area contributed by atoms with Crippen molar-refractivity contribution in [3.63, 3.8) is 0 Å². The number of pyridine rings is 1. The van der Waals surface area contributed by atoms with E-state index in [0.29, 0.717) is 29.4 Å². The van der Waals surface area contributed by atoms with Crippen molar-refractivity contribution in [3.05, 3.63) is 64.7 Å². The Labute approximate surface area is 169 Å². The smallest absolute Gasteiger partial charge is 0.257 e. The number of hydrogen-bond acceptors (Lipinski definition) is 4. The van der Waals surface area contributed by atoms with Gasteiger partial charge in [0.25, 0.3) is 5.91 Å². The number of nitrogens with zero attached hydrogens (tertiary/aromatic N) is 3. The van der Waals surface area contributed by atoms with Crippen LogP contribution < -0.4 is 9.64 Å². The number of methoxy groups -OCH3 is 1. The molecule has 144 valence electrons. The first kappa shape index (κ1) is 18.6. The number of aromatic nitrogens is 1. The van der Waals surface area contributed by atoms with Crippen LogP contribution in [0.1, 0.15) is 15.9 Å². The van der Waals surface area contributed by atoms with Crippen LogP contribution in [-0.4, -0.2) is 49.1 Å². The van der Waals surface area contributed by atoms with Gasteiger partial charge in [0.05, 0.1) is 18.2 Å². The number of piperazine rings is 1. The Morgan fingerprint density at radius 2 is 1.82 bits per heavy atom. The zero-order valence-corrected chi connectivity index (χ0v) is 16.7. The molecule has 1 amide bonds. The van der Waals surface area contributed by atoms with Gasteiger partial charge in [-0.25, -0.2) is 4.98 Å². The molecule has 0 unspecified atom stereocenters. The topological polar surface area (TPSA) is 45.7 Å². The van der Waals surface area contributed by atoms with E-state index < -0.39 is 0 Å². The molecule has 1 aliphatic heterocycles. The zero-order chi connectivity index (χ0) is 19.7. The number of benzene rings is 2. The number of fused-ring (bicyclic) bond motifs is 1. The summed E-state index contributed by atoms with van der Waals surface area (Å²) in [6.45, 7) is 4.83. The number of aryl methyl sites for hydroxylation is 1. The molecule has 6 heteroatoms. The average molecular weight is 396 g/mol. The number of ether oxygens (including phenoxy) is 1. The molecular formula is C22H22ClN3O2. The van der Waals surface area contributed by atoms with Crippen LogP contribution in [0.2, 0.25) is 5.02 Å². The fraction of sp³-hybridized carbons (Fsp3) is 0.273. The summed E-state index contributed by atoms with van der Waals surface area (Å²) in [6.07, 6.45) is 0. The fourth-order valence-electron chi connectivity index (χ4n) is 3.65. The third-order valence-electron chi connectivity index (χ3n) is 5.19. The normalized spacial score (nSPS) is 14.4. The van der Waals surface area contributed by atoms with E-state index in [0.717, 1.165) is 24.4 Å². The lowest BCUT2D eigenvalue weighted by atomic mass is 10.1. The van der Waals surface area contributed by atoms with Crippen LogP contribution in [0, 0.1) is 6.92 Å². The van der Waals surface area contributed by atoms with Crippen LogP contribution in [0.4, 0.5) is 5.82 Å². The summed E-state index contributed by atoms with van der Waals surface area (Å²) >= 11 is 6.08. The maximum Gasteiger partial charge on any atom is 0.257 e. The highest BCUT2D eigenvalue weighted by atomic mass is 35.5. The van der Waals surface area contributed by atoms with Gasteiger partial charge in [-0.15, -0.1) is 0 Å². The Morgan fingerprint density at radius 1 is 1.07 bits per heavy atom. The summed E-state index contributed by atoms with van der Waals surface area (Å²) in [7, 11) is 1.56. The molecule has 1 saturated heterocycles. The van der Waals surface area contributed by atoms with E-state index in [1.165, 1.54) is 10.9 Å². The van der Waals surface area contributed by atoms with E-state index in [4.69, 9.17) is 21.3 Å². The standard InChI is InChI=1S/C22H22ClN3O2/c1-15-13-21(24-19-6-4-3-5-17(15)19)25-9-11-26(12-10-25)22(27)18-14-16(23)7-8-20(18)28-2/h3-8,13-14H,9-12H2,1-2H3. The van der Waals surface area contributed by atoms with Gasteiger partial charge in [-0.3, -0.25) is 4.79 Å². The summed E-state index contributed by atoms with van der Waals surface area (Å²) in [6, 6.07) is 15.4. The summed E-state index contributed by atoms with van der Waals surface area (Å²) in [5, 5.41) is 1.70. The second-order valence-electron chi connectivity index (χ2n) is 6.94. The van der Waals surface area contributed by atoms with Gasteiger partial charge in [-0.05, 0) is 42.8 Å². The van der Waals surface area contributed by atoms with Crippen LogP contribution >= 0.6 is 11.6 Å². The summed E-state index contributed by atoms with van der Waals surface area (Å²) in [4.78, 5) is 21.8. The summed E-state index contributed by atoms with van der Waals surface area (Å²) < 4.78 is 5.33. The third-order valence-corrected chi connectivity index (χ3v) is 5.43. The monoisotopic (exact) mass is 395 g/mol. The molecule has 28 heavy (non-hydrogen) atoms. The van der Waals surface area contributed by atoms with Crippen molar-refractivity contribution >= 4 is 34.2 Å². The maximum absolute atomic E-state index is 13.0. The second kappa shape index (κ2) is 7.68. The van der Waals surface area contributed by atoms with Gasteiger partial charge in [-0.2, -0.15) is 0 Å². The zero-order valence-electron chi connectivity index (χ0n) is 16.0. The van der Waals surface area contributed by atoms with Gasteiger partial charge >= 0.3 is 0 Å². The average Bonchev–Trinajstić information content (AvgIpc) is 2.73. The van der Waals surface area contributed by atoms with E-state index in [1.54, 1.807) is 25.3 Å². The van der Waals surface area contributed by atoms with Gasteiger partial charge in [0.1, 0.15) is 11.6 Å². The fourth-order valence-corrected chi connectivity index (χ4v) is 3.82. The lowest BCUT2D eigenvalue weighted by Crippen LogP contribution is -2.49. The molecular weight excluding hydrogens is 374 g/mol. The number of para-hydroxylation sites is 1. The SMILES string of the molecule is COc1ccc(Cl)cc1C(=O)N1CCN(c2cc(C)c3ccccc3n2)CC1. The molecule has 0 aliphatic carbocycles. The lowest BCUT2D eigenvalue weighted by Gasteiger charge is -2.36. The quantitative estimate of drug-likeness (QED) is 0.667. The van der Waals surface area contributed by atoms with Crippen molar-refractivity contribution in [2.75, 3.05) is 38.2 Å². The minimum absolute atomic E-state index is 0.0540. The van der Waals surface area contributed by atoms with Gasteiger partial charge in [-0.1, -0.05) is 29.8 Å². The van der Waals surface area contributed by atoms with Crippen LogP contribution in [-0.2, 0) is 0 Å². The van der Waals surface area contributed by atoms with Crippen molar-refractivity contribution < 1.29 is 9.53 Å². The molecule has 0 N–H and O–H groups in total. The molecule has 0 spiro atoms. The molecule has 1 aliphatic rings. The van der Waals surface area contributed by atoms with E-state index >= 15 is 0 Å². The minimum Gasteiger partial charge on any atom is -0.496 e. The van der Waals surface area contributed by atoms with Gasteiger partial charge in [0.2, 0.25) is 0 Å². The van der Waals surface area contributed by atoms with Crippen LogP contribution in [0.25, 0.3) is 10.9 Å². The first-order chi connectivity index (χ1) is 13.6. The number of rotatable bonds is 3. The van der Waals surface area contributed by atoms with Crippen molar-refractivity contribution in [3.8, 4) is 5.75 Å². The van der Waals surface area contributed by atoms with Gasteiger partial charge < -0.3 is 14.5 Å². The van der Waals surface area contributed by atoms with E-state index in [2.05, 4.69) is 24.0 Å². The number of anilines is 1. The first-order valence-electron chi connectivity index (χ1n) is 9.31. The molecule has 2 aromatic carbocycles. The maximum atomic E-state index is 13.0. The summed E-state index contributed by atoms with van der Waals surface area (Å²) in [5.41, 5.74) is 2.71. The van der Waals surface area contributed by atoms with Gasteiger partial charge in [0, 0.05) is 36.6 Å². The number of halogens is 1. The van der Waals surface area contributed by atoms with Crippen molar-refractivity contribution in [1.29, 1.82) is 0 Å². The van der Waals surface area contributed by atoms with Crippen molar-refractivity contribution in [1.82, 2.24) is 9.88 Å². The Balaban J connectivity index is 1.51. The molecule has 0 saturated carbocycles. The largest absolute Gasteiger partial charge is 0.496 e. The summed E-state index contributed by atoms with van der Waals surface area (Å²) in [5.74, 6) is 1.45. The minimum atomic E-state index is -0.0540. The van der Waals surface area contributed by atoms with E-state index in [-0.39, 0.29) is 5.91 Å². The number of amides is 1. The predicted molar refractivity (Wildman–Crippen MR) is 113 cm³/mol. The number of carbonyl (C=O) groups is 1. The van der Waals surface area contributed by atoms with Gasteiger partial charge in [0.15, 0.2) is 0 Å². The van der Waals surface area contributed by atoms with Crippen LogP contribution in [0.3, 0.4) is 0 Å². The molecule has 2 heterocycles. The predicted octanol–water partition coefficient (Wildman–Crippen LogP) is 4.17. The molecule has 3 aromatic rings. The number of hydrogen-bond donors (Lipinski definition) is 0. The lowest BCUT2D eigenvalue weighted by molar-refractivity contribution is 0.0743. The Bertz CT molecular complexity index is 1030. The molecule has 0 bridgehead atoms. The third kappa shape index (κ3) is 3.50. The van der Waals surface area contributed by atoms with E-state index in [9.17, 15) is 4.79 Å². The van der Waals surface area contributed by atoms with Crippen LogP contribution in [0.5, 0.6) is 5.75 Å². The van der Waals surface area contributed by atoms with Crippen LogP contribution in [0.15, 0.2) is 48.5 Å². The highest BCUT2D eigenvalue weighted by Gasteiger charge is 2.25. The Hall–Kier alpha value is -2.79. The molecule has 1 fully saturated rings. The van der Waals surface area contributed by atoms with Crippen molar-refractivity contribution in [2.45, 2.75) is 6.92 Å². The Kier molecular flexibility index (Phi) is 5.09. The first-order valence-corrected chi connectivity index (χ1v) is 9.69. The molecule has 0 radical (unpaired) electrons.